The van der Waals surface area contributed by atoms with Crippen LogP contribution in [0.3, 0.4) is 0 Å². The average molecular weight is 431 g/mol. The van der Waals surface area contributed by atoms with E-state index >= 15 is 0 Å². The van der Waals surface area contributed by atoms with E-state index in [1.54, 1.807) is 12.4 Å². The number of nitrogens with two attached hydrogens (primary N) is 1. The van der Waals surface area contributed by atoms with Gasteiger partial charge < -0.3 is 25.8 Å². The molecule has 0 amide bonds. The van der Waals surface area contributed by atoms with Crippen molar-refractivity contribution in [2.24, 2.45) is 5.41 Å². The predicted molar refractivity (Wildman–Crippen MR) is 122 cm³/mol. The number of nitrogen functional groups attached to an aromatic ring is 1. The molecule has 0 bridgehead atoms. The molecule has 8 heteroatoms. The maximum atomic E-state index is 11.2. The molecule has 0 radical (unpaired) electrons. The van der Waals surface area contributed by atoms with E-state index in [1.165, 1.54) is 0 Å². The van der Waals surface area contributed by atoms with Crippen molar-refractivity contribution in [3.8, 4) is 0 Å². The Morgan fingerprint density at radius 1 is 1.12 bits per heavy atom. The molecule has 2 aliphatic rings. The highest BCUT2D eigenvalue weighted by molar-refractivity contribution is 5.81. The largest absolute Gasteiger partial charge is 0.390 e. The van der Waals surface area contributed by atoms with E-state index in [-0.39, 0.29) is 12.1 Å². The minimum atomic E-state index is -0.862. The number of hydrogen-bond donors (Lipinski definition) is 4. The van der Waals surface area contributed by atoms with Crippen LogP contribution in [0.2, 0.25) is 0 Å². The molecular formula is C24H26N6O2. The fourth-order valence-electron chi connectivity index (χ4n) is 5.72. The molecule has 1 aliphatic heterocycles. The standard InChI is InChI=1S/C24H26N6O2/c1-13-16-6-7-30(23(16)28-12-27-13)19-10-24(22(32)21(19)31)9-18(26-11-24)15-3-2-14-4-5-20(25)29-17(14)8-15/h2-8,12,18-19,21-22,26,31-32H,9-11H2,1H3,(H2,25,29)/t18-,19-,21+,22+,24+/m1/s1. The van der Waals surface area contributed by atoms with E-state index in [0.29, 0.717) is 18.8 Å². The Hall–Kier alpha value is -3.07. The van der Waals surface area contributed by atoms with E-state index in [4.69, 9.17) is 5.73 Å². The van der Waals surface area contributed by atoms with Gasteiger partial charge in [0, 0.05) is 35.0 Å². The number of aliphatic hydroxyl groups excluding tert-OH is 2. The molecule has 1 spiro atoms. The number of aromatic nitrogens is 4. The van der Waals surface area contributed by atoms with Crippen molar-refractivity contribution < 1.29 is 10.2 Å². The SMILES string of the molecule is Cc1ncnc2c1ccn2[C@@H]1C[C@@]2(CN[C@@H](c3ccc4ccc(N)nc4c3)C2)[C@@H](O)[C@H]1O. The van der Waals surface area contributed by atoms with Gasteiger partial charge in [-0.15, -0.1) is 0 Å². The van der Waals surface area contributed by atoms with Crippen LogP contribution in [-0.2, 0) is 0 Å². The van der Waals surface area contributed by atoms with E-state index in [1.807, 2.05) is 29.8 Å². The molecule has 1 aliphatic carbocycles. The van der Waals surface area contributed by atoms with Crippen molar-refractivity contribution in [3.05, 3.63) is 60.2 Å². The third-order valence-electron chi connectivity index (χ3n) is 7.48. The number of nitrogens with zero attached hydrogens (tertiary/aromatic N) is 4. The highest BCUT2D eigenvalue weighted by Crippen LogP contribution is 2.52. The molecule has 4 heterocycles. The minimum Gasteiger partial charge on any atom is -0.390 e. The lowest BCUT2D eigenvalue weighted by atomic mass is 9.80. The summed E-state index contributed by atoms with van der Waals surface area (Å²) in [7, 11) is 0. The third kappa shape index (κ3) is 2.83. The van der Waals surface area contributed by atoms with Gasteiger partial charge in [-0.1, -0.05) is 12.1 Å². The Labute approximate surface area is 185 Å². The second-order valence-corrected chi connectivity index (χ2v) is 9.31. The molecule has 6 rings (SSSR count). The van der Waals surface area contributed by atoms with E-state index < -0.39 is 17.6 Å². The van der Waals surface area contributed by atoms with E-state index in [2.05, 4.69) is 38.5 Å². The summed E-state index contributed by atoms with van der Waals surface area (Å²) in [6.45, 7) is 2.59. The first-order chi connectivity index (χ1) is 15.4. The number of aliphatic hydroxyl groups is 2. The fraction of sp³-hybridized carbons (Fsp3) is 0.375. The summed E-state index contributed by atoms with van der Waals surface area (Å²) in [5, 5.41) is 27.8. The normalized spacial score (nSPS) is 30.1. The van der Waals surface area contributed by atoms with Gasteiger partial charge in [0.2, 0.25) is 0 Å². The highest BCUT2D eigenvalue weighted by Gasteiger charge is 2.56. The molecule has 3 aromatic heterocycles. The first kappa shape index (κ1) is 19.6. The molecule has 0 unspecified atom stereocenters. The molecule has 2 fully saturated rings. The summed E-state index contributed by atoms with van der Waals surface area (Å²) in [5.41, 5.74) is 9.14. The number of anilines is 1. The van der Waals surface area contributed by atoms with Crippen LogP contribution < -0.4 is 11.1 Å². The van der Waals surface area contributed by atoms with Crippen LogP contribution in [-0.4, -0.2) is 48.5 Å². The Balaban J connectivity index is 1.31. The molecule has 5 N–H and O–H groups in total. The van der Waals surface area contributed by atoms with Crippen molar-refractivity contribution in [3.63, 3.8) is 0 Å². The van der Waals surface area contributed by atoms with Gasteiger partial charge in [0.1, 0.15) is 23.9 Å². The number of hydrogen-bond acceptors (Lipinski definition) is 7. The van der Waals surface area contributed by atoms with Gasteiger partial charge in [-0.2, -0.15) is 0 Å². The maximum absolute atomic E-state index is 11.2. The number of nitrogens with one attached hydrogen (secondary N) is 1. The average Bonchev–Trinajstić information content (AvgIpc) is 3.47. The monoisotopic (exact) mass is 430 g/mol. The number of rotatable bonds is 2. The summed E-state index contributed by atoms with van der Waals surface area (Å²) in [4.78, 5) is 13.2. The highest BCUT2D eigenvalue weighted by atomic mass is 16.3. The van der Waals surface area contributed by atoms with Gasteiger partial charge in [-0.3, -0.25) is 0 Å². The van der Waals surface area contributed by atoms with Gasteiger partial charge in [-0.05, 0) is 49.6 Å². The van der Waals surface area contributed by atoms with Crippen molar-refractivity contribution in [2.45, 2.75) is 44.1 Å². The zero-order valence-electron chi connectivity index (χ0n) is 17.8. The van der Waals surface area contributed by atoms with Crippen molar-refractivity contribution in [1.82, 2.24) is 24.8 Å². The fourth-order valence-corrected chi connectivity index (χ4v) is 5.72. The Morgan fingerprint density at radius 3 is 2.84 bits per heavy atom. The zero-order chi connectivity index (χ0) is 22.0. The lowest BCUT2D eigenvalue weighted by Crippen LogP contribution is -2.38. The van der Waals surface area contributed by atoms with Crippen LogP contribution in [0.5, 0.6) is 0 Å². The molecule has 8 nitrogen and oxygen atoms in total. The van der Waals surface area contributed by atoms with Crippen LogP contribution in [0.4, 0.5) is 5.82 Å². The Morgan fingerprint density at radius 2 is 1.97 bits per heavy atom. The Bertz CT molecular complexity index is 1340. The number of benzene rings is 1. The second kappa shape index (κ2) is 6.96. The van der Waals surface area contributed by atoms with Gasteiger partial charge >= 0.3 is 0 Å². The molecule has 1 saturated heterocycles. The second-order valence-electron chi connectivity index (χ2n) is 9.31. The lowest BCUT2D eigenvalue weighted by Gasteiger charge is -2.27. The Kier molecular flexibility index (Phi) is 4.27. The number of fused-ring (bicyclic) bond motifs is 2. The molecule has 1 aromatic carbocycles. The van der Waals surface area contributed by atoms with Crippen LogP contribution >= 0.6 is 0 Å². The molecule has 32 heavy (non-hydrogen) atoms. The van der Waals surface area contributed by atoms with Crippen LogP contribution in [0, 0.1) is 12.3 Å². The van der Waals surface area contributed by atoms with Gasteiger partial charge in [0.25, 0.3) is 0 Å². The van der Waals surface area contributed by atoms with Crippen molar-refractivity contribution in [2.75, 3.05) is 12.3 Å². The minimum absolute atomic E-state index is 0.0780. The smallest absolute Gasteiger partial charge is 0.143 e. The van der Waals surface area contributed by atoms with Gasteiger partial charge in [0.05, 0.1) is 23.4 Å². The third-order valence-corrected chi connectivity index (χ3v) is 7.48. The van der Waals surface area contributed by atoms with Crippen LogP contribution in [0.1, 0.15) is 36.2 Å². The van der Waals surface area contributed by atoms with Crippen molar-refractivity contribution in [1.29, 1.82) is 0 Å². The van der Waals surface area contributed by atoms with E-state index in [9.17, 15) is 10.2 Å². The predicted octanol–water partition coefficient (Wildman–Crippen LogP) is 2.26. The topological polar surface area (TPSA) is 122 Å². The first-order valence-electron chi connectivity index (χ1n) is 11.0. The molecule has 164 valence electrons. The first-order valence-corrected chi connectivity index (χ1v) is 11.0. The van der Waals surface area contributed by atoms with Crippen LogP contribution in [0.25, 0.3) is 21.9 Å². The van der Waals surface area contributed by atoms with Crippen LogP contribution in [0.15, 0.2) is 48.9 Å². The lowest BCUT2D eigenvalue weighted by molar-refractivity contribution is -0.0218. The quantitative estimate of drug-likeness (QED) is 0.385. The van der Waals surface area contributed by atoms with E-state index in [0.717, 1.165) is 39.6 Å². The summed E-state index contributed by atoms with van der Waals surface area (Å²) < 4.78 is 2.00. The van der Waals surface area contributed by atoms with Gasteiger partial charge in [0.15, 0.2) is 0 Å². The number of pyridine rings is 1. The molecule has 1 saturated carbocycles. The zero-order valence-corrected chi connectivity index (χ0v) is 17.8. The van der Waals surface area contributed by atoms with Gasteiger partial charge in [-0.25, -0.2) is 15.0 Å². The van der Waals surface area contributed by atoms with Crippen molar-refractivity contribution >= 4 is 27.8 Å². The molecule has 4 aromatic rings. The maximum Gasteiger partial charge on any atom is 0.143 e. The summed E-state index contributed by atoms with van der Waals surface area (Å²) in [6.07, 6.45) is 3.23. The number of aryl methyl sites for hydroxylation is 1. The summed E-state index contributed by atoms with van der Waals surface area (Å²) in [5.74, 6) is 0.501. The summed E-state index contributed by atoms with van der Waals surface area (Å²) in [6, 6.07) is 11.8. The summed E-state index contributed by atoms with van der Waals surface area (Å²) >= 11 is 0. The molecule has 5 atom stereocenters. The molecular weight excluding hydrogens is 404 g/mol.